The van der Waals surface area contributed by atoms with Gasteiger partial charge in [-0.2, -0.15) is 0 Å². The zero-order valence-electron chi connectivity index (χ0n) is 30.9. The highest BCUT2D eigenvalue weighted by Crippen LogP contribution is 2.35. The molecule has 0 aromatic heterocycles. The summed E-state index contributed by atoms with van der Waals surface area (Å²) in [5.41, 5.74) is -3.28. The van der Waals surface area contributed by atoms with Gasteiger partial charge in [0.1, 0.15) is 0 Å². The maximum Gasteiger partial charge on any atom is 0.342 e. The van der Waals surface area contributed by atoms with Gasteiger partial charge in [0.15, 0.2) is 0 Å². The molecule has 0 aliphatic carbocycles. The molecular formula is C42H51F3N4O6. The summed E-state index contributed by atoms with van der Waals surface area (Å²) in [5.74, 6) is -6.43. The molecule has 3 aliphatic heterocycles. The molecule has 10 nitrogen and oxygen atoms in total. The molecule has 6 rings (SSSR count). The molecule has 0 amide bonds. The zero-order valence-corrected chi connectivity index (χ0v) is 30.9. The van der Waals surface area contributed by atoms with E-state index in [2.05, 4.69) is 20.9 Å². The van der Waals surface area contributed by atoms with E-state index in [1.165, 1.54) is 0 Å². The average Bonchev–Trinajstić information content (AvgIpc) is 3.97. The van der Waals surface area contributed by atoms with Crippen molar-refractivity contribution in [2.24, 2.45) is 17.8 Å². The molecular weight excluding hydrogens is 713 g/mol. The molecule has 55 heavy (non-hydrogen) atoms. The van der Waals surface area contributed by atoms with Crippen molar-refractivity contribution in [3.8, 4) is 0 Å². The fourth-order valence-electron chi connectivity index (χ4n) is 8.67. The number of nitrogens with zero attached hydrogens (tertiary/aromatic N) is 1. The van der Waals surface area contributed by atoms with Crippen LogP contribution in [-0.2, 0) is 53.3 Å². The number of carbonyl (C=O) groups is 3. The first kappa shape index (κ1) is 40.4. The third-order valence-corrected chi connectivity index (χ3v) is 11.8. The van der Waals surface area contributed by atoms with Crippen molar-refractivity contribution in [2.45, 2.75) is 75.2 Å². The molecule has 0 bridgehead atoms. The van der Waals surface area contributed by atoms with Crippen molar-refractivity contribution >= 4 is 17.9 Å². The number of hydrogen-bond acceptors (Lipinski definition) is 7. The summed E-state index contributed by atoms with van der Waals surface area (Å²) < 4.78 is 48.3. The SMILES string of the molecule is O=C(O)C(F)(Cc1cccc(CN(Cc2cccc(CC(F)(C(=O)O)C3CCNC3)c2)Cc2cccc(CC(F)(C(=O)O)C3CCNC3)c2)c1)C1CCNC1. The van der Waals surface area contributed by atoms with Crippen molar-refractivity contribution in [1.29, 1.82) is 0 Å². The van der Waals surface area contributed by atoms with E-state index in [1.54, 1.807) is 54.6 Å². The molecule has 3 aliphatic rings. The normalized spacial score (nSPS) is 23.2. The van der Waals surface area contributed by atoms with E-state index in [0.29, 0.717) is 75.2 Å². The molecule has 0 radical (unpaired) electrons. The van der Waals surface area contributed by atoms with E-state index in [4.69, 9.17) is 0 Å². The number of hydrogen-bond donors (Lipinski definition) is 6. The summed E-state index contributed by atoms with van der Waals surface area (Å²) >= 11 is 0. The Labute approximate surface area is 319 Å². The Hall–Kier alpha value is -4.30. The van der Waals surface area contributed by atoms with Crippen LogP contribution in [0.15, 0.2) is 72.8 Å². The molecule has 3 aromatic rings. The second-order valence-corrected chi connectivity index (χ2v) is 15.7. The van der Waals surface area contributed by atoms with E-state index in [1.807, 2.05) is 18.2 Å². The van der Waals surface area contributed by atoms with Crippen molar-refractivity contribution in [3.63, 3.8) is 0 Å². The van der Waals surface area contributed by atoms with Crippen LogP contribution in [0.4, 0.5) is 13.2 Å². The summed E-state index contributed by atoms with van der Waals surface area (Å²) in [5, 5.41) is 39.0. The van der Waals surface area contributed by atoms with Gasteiger partial charge in [0.25, 0.3) is 0 Å². The van der Waals surface area contributed by atoms with E-state index in [0.717, 1.165) is 16.7 Å². The van der Waals surface area contributed by atoms with Crippen LogP contribution in [0.25, 0.3) is 0 Å². The standard InChI is InChI=1S/C42H51F3N4O6/c43-40(37(50)51,34-10-13-46-22-34)19-28-4-1-7-31(16-28)25-49(26-32-8-2-5-29(17-32)20-41(44,38(52)53)35-11-14-47-23-35)27-33-9-3-6-30(18-33)21-42(45,39(54)55)36-12-15-48-24-36/h1-9,16-18,34-36,46-48H,10-15,19-27H2,(H,50,51)(H,52,53)(H,54,55). The van der Waals surface area contributed by atoms with Crippen LogP contribution in [0.5, 0.6) is 0 Å². The van der Waals surface area contributed by atoms with Crippen LogP contribution in [0.3, 0.4) is 0 Å². The fourth-order valence-corrected chi connectivity index (χ4v) is 8.67. The third kappa shape index (κ3) is 9.40. The lowest BCUT2D eigenvalue weighted by atomic mass is 9.82. The van der Waals surface area contributed by atoms with E-state index >= 15 is 13.2 Å². The minimum absolute atomic E-state index is 0.287. The molecule has 0 spiro atoms. The molecule has 6 N–H and O–H groups in total. The number of carboxylic acids is 3. The summed E-state index contributed by atoms with van der Waals surface area (Å²) in [6.07, 6.45) is 0.411. The highest BCUT2D eigenvalue weighted by atomic mass is 19.2. The number of aliphatic carboxylic acids is 3. The number of rotatable bonds is 18. The zero-order chi connectivity index (χ0) is 39.2. The van der Waals surface area contributed by atoms with Crippen molar-refractivity contribution in [1.82, 2.24) is 20.9 Å². The Kier molecular flexibility index (Phi) is 12.6. The van der Waals surface area contributed by atoms with Crippen molar-refractivity contribution in [2.75, 3.05) is 39.3 Å². The Bertz CT molecular complexity index is 1620. The molecule has 3 aromatic carbocycles. The first-order chi connectivity index (χ1) is 26.3. The van der Waals surface area contributed by atoms with Gasteiger partial charge in [0.05, 0.1) is 0 Å². The lowest BCUT2D eigenvalue weighted by Crippen LogP contribution is -2.44. The maximum atomic E-state index is 16.1. The van der Waals surface area contributed by atoms with Crippen LogP contribution in [0.2, 0.25) is 0 Å². The van der Waals surface area contributed by atoms with Crippen molar-refractivity contribution in [3.05, 3.63) is 106 Å². The quantitative estimate of drug-likeness (QED) is 0.107. The van der Waals surface area contributed by atoms with Gasteiger partial charge in [-0.25, -0.2) is 27.6 Å². The topological polar surface area (TPSA) is 151 Å². The Morgan fingerprint density at radius 2 is 0.800 bits per heavy atom. The van der Waals surface area contributed by atoms with Gasteiger partial charge in [-0.15, -0.1) is 0 Å². The lowest BCUT2D eigenvalue weighted by molar-refractivity contribution is -0.155. The molecule has 3 saturated heterocycles. The minimum Gasteiger partial charge on any atom is -0.479 e. The van der Waals surface area contributed by atoms with Crippen LogP contribution in [0, 0.1) is 17.8 Å². The molecule has 6 atom stereocenters. The fraction of sp³-hybridized carbons (Fsp3) is 0.500. The Balaban J connectivity index is 1.26. The number of halogens is 3. The third-order valence-electron chi connectivity index (χ3n) is 11.8. The second kappa shape index (κ2) is 17.2. The van der Waals surface area contributed by atoms with E-state index in [-0.39, 0.29) is 38.9 Å². The summed E-state index contributed by atoms with van der Waals surface area (Å²) in [7, 11) is 0. The smallest absolute Gasteiger partial charge is 0.342 e. The number of alkyl halides is 3. The minimum atomic E-state index is -2.44. The largest absolute Gasteiger partial charge is 0.479 e. The summed E-state index contributed by atoms with van der Waals surface area (Å²) in [6, 6.07) is 21.5. The maximum absolute atomic E-state index is 16.1. The Morgan fingerprint density at radius 3 is 1.04 bits per heavy atom. The van der Waals surface area contributed by atoms with Crippen LogP contribution in [0.1, 0.15) is 52.6 Å². The van der Waals surface area contributed by atoms with Gasteiger partial charge in [-0.1, -0.05) is 72.8 Å². The van der Waals surface area contributed by atoms with E-state index in [9.17, 15) is 29.7 Å². The van der Waals surface area contributed by atoms with Gasteiger partial charge in [0, 0.05) is 76.3 Å². The average molecular weight is 765 g/mol. The monoisotopic (exact) mass is 764 g/mol. The molecule has 296 valence electrons. The second-order valence-electron chi connectivity index (χ2n) is 15.7. The summed E-state index contributed by atoms with van der Waals surface area (Å²) in [6.45, 7) is 3.55. The number of benzene rings is 3. The first-order valence-electron chi connectivity index (χ1n) is 19.1. The molecule has 6 unspecified atom stereocenters. The Morgan fingerprint density at radius 1 is 0.527 bits per heavy atom. The predicted octanol–water partition coefficient (Wildman–Crippen LogP) is 4.72. The van der Waals surface area contributed by atoms with Gasteiger partial charge < -0.3 is 31.3 Å². The first-order valence-corrected chi connectivity index (χ1v) is 19.1. The predicted molar refractivity (Wildman–Crippen MR) is 201 cm³/mol. The van der Waals surface area contributed by atoms with Crippen LogP contribution in [-0.4, -0.2) is 94.4 Å². The van der Waals surface area contributed by atoms with Crippen LogP contribution < -0.4 is 16.0 Å². The highest BCUT2D eigenvalue weighted by Gasteiger charge is 2.49. The van der Waals surface area contributed by atoms with Gasteiger partial charge >= 0.3 is 17.9 Å². The molecule has 0 saturated carbocycles. The lowest BCUT2D eigenvalue weighted by Gasteiger charge is -2.28. The number of nitrogens with one attached hydrogen (secondary N) is 3. The molecule has 13 heteroatoms. The summed E-state index contributed by atoms with van der Waals surface area (Å²) in [4.78, 5) is 38.7. The van der Waals surface area contributed by atoms with Gasteiger partial charge in [-0.05, 0) is 72.3 Å². The number of carboxylic acid groups (broad SMARTS) is 3. The van der Waals surface area contributed by atoms with Gasteiger partial charge in [-0.3, -0.25) is 4.90 Å². The van der Waals surface area contributed by atoms with Crippen molar-refractivity contribution < 1.29 is 42.9 Å². The highest BCUT2D eigenvalue weighted by molar-refractivity contribution is 5.79. The molecule has 3 heterocycles. The van der Waals surface area contributed by atoms with E-state index < -0.39 is 52.7 Å². The van der Waals surface area contributed by atoms with Gasteiger partial charge in [0.2, 0.25) is 17.0 Å². The molecule has 3 fully saturated rings. The van der Waals surface area contributed by atoms with Crippen LogP contribution >= 0.6 is 0 Å².